The molecule has 7 nitrogen and oxygen atoms in total. The molecule has 164 valence electrons. The second-order valence-electron chi connectivity index (χ2n) is 7.59. The lowest BCUT2D eigenvalue weighted by atomic mass is 9.92. The number of carbonyl (C=O) groups is 3. The lowest BCUT2D eigenvalue weighted by Crippen LogP contribution is -2.57. The zero-order valence-corrected chi connectivity index (χ0v) is 18.3. The Labute approximate surface area is 189 Å². The van der Waals surface area contributed by atoms with Crippen LogP contribution < -0.4 is 0 Å². The number of hydrogen-bond acceptors (Lipinski definition) is 3. The van der Waals surface area contributed by atoms with Gasteiger partial charge in [0.05, 0.1) is 12.0 Å². The van der Waals surface area contributed by atoms with Gasteiger partial charge in [0.1, 0.15) is 0 Å². The summed E-state index contributed by atoms with van der Waals surface area (Å²) in [5.41, 5.74) is 1.28. The van der Waals surface area contributed by atoms with Crippen molar-refractivity contribution in [2.45, 2.75) is 32.5 Å². The number of benzene rings is 2. The average Bonchev–Trinajstić information content (AvgIpc) is 2.70. The molecule has 1 aliphatic rings. The van der Waals surface area contributed by atoms with Crippen molar-refractivity contribution in [3.05, 3.63) is 69.2 Å². The van der Waals surface area contributed by atoms with Gasteiger partial charge in [0, 0.05) is 41.6 Å². The Balaban J connectivity index is 1.92. The standard InChI is InChI=1S/C22H22Cl2N2O5/c1-13-16(8-20(27)28)11-25(10-14-4-2-3-5-18(14)21(29)30)22(31)26(13)12-15-6-7-17(23)9-19(15)24/h2-7,9,13,16H,8,10-12H2,1H3,(H,27,28)(H,29,30). The number of urea groups is 1. The van der Waals surface area contributed by atoms with E-state index in [9.17, 15) is 24.6 Å². The zero-order chi connectivity index (χ0) is 22.7. The maximum atomic E-state index is 13.3. The minimum absolute atomic E-state index is 0.0645. The van der Waals surface area contributed by atoms with Gasteiger partial charge in [-0.3, -0.25) is 4.79 Å². The van der Waals surface area contributed by atoms with E-state index in [2.05, 4.69) is 0 Å². The first kappa shape index (κ1) is 22.9. The molecule has 0 radical (unpaired) electrons. The molecule has 0 saturated carbocycles. The number of nitrogens with zero attached hydrogens (tertiary/aromatic N) is 2. The molecule has 0 aliphatic carbocycles. The number of carboxylic acids is 2. The second kappa shape index (κ2) is 9.58. The predicted molar refractivity (Wildman–Crippen MR) is 116 cm³/mol. The fourth-order valence-corrected chi connectivity index (χ4v) is 4.30. The lowest BCUT2D eigenvalue weighted by Gasteiger charge is -2.45. The van der Waals surface area contributed by atoms with Crippen LogP contribution in [0.5, 0.6) is 0 Å². The number of carboxylic acid groups (broad SMARTS) is 2. The number of aliphatic carboxylic acids is 1. The molecule has 1 aliphatic heterocycles. The molecular formula is C22H22Cl2N2O5. The maximum absolute atomic E-state index is 13.3. The topological polar surface area (TPSA) is 98.1 Å². The molecule has 0 aromatic heterocycles. The van der Waals surface area contributed by atoms with E-state index in [-0.39, 0.29) is 49.6 Å². The van der Waals surface area contributed by atoms with Crippen LogP contribution in [0.2, 0.25) is 10.0 Å². The molecule has 2 aromatic rings. The monoisotopic (exact) mass is 464 g/mol. The van der Waals surface area contributed by atoms with Gasteiger partial charge in [-0.25, -0.2) is 9.59 Å². The molecule has 2 amide bonds. The Kier molecular flexibility index (Phi) is 7.08. The summed E-state index contributed by atoms with van der Waals surface area (Å²) in [5, 5.41) is 19.7. The van der Waals surface area contributed by atoms with Gasteiger partial charge in [-0.15, -0.1) is 0 Å². The van der Waals surface area contributed by atoms with Crippen molar-refractivity contribution in [1.29, 1.82) is 0 Å². The van der Waals surface area contributed by atoms with Crippen molar-refractivity contribution in [3.63, 3.8) is 0 Å². The highest BCUT2D eigenvalue weighted by atomic mass is 35.5. The Morgan fingerprint density at radius 3 is 2.42 bits per heavy atom. The van der Waals surface area contributed by atoms with Gasteiger partial charge >= 0.3 is 18.0 Å². The number of rotatable bonds is 7. The largest absolute Gasteiger partial charge is 0.481 e. The van der Waals surface area contributed by atoms with Crippen molar-refractivity contribution in [2.75, 3.05) is 6.54 Å². The van der Waals surface area contributed by atoms with Gasteiger partial charge in [-0.2, -0.15) is 0 Å². The molecule has 2 unspecified atom stereocenters. The van der Waals surface area contributed by atoms with Gasteiger partial charge in [0.15, 0.2) is 0 Å². The molecule has 1 saturated heterocycles. The van der Waals surface area contributed by atoms with Crippen LogP contribution in [-0.2, 0) is 17.9 Å². The van der Waals surface area contributed by atoms with Gasteiger partial charge in [-0.1, -0.05) is 47.5 Å². The molecule has 2 N–H and O–H groups in total. The van der Waals surface area contributed by atoms with E-state index < -0.39 is 11.9 Å². The Morgan fingerprint density at radius 1 is 1.06 bits per heavy atom. The third kappa shape index (κ3) is 5.29. The molecule has 9 heteroatoms. The number of amides is 2. The molecule has 1 fully saturated rings. The minimum atomic E-state index is -1.08. The van der Waals surface area contributed by atoms with Crippen molar-refractivity contribution in [1.82, 2.24) is 9.80 Å². The quantitative estimate of drug-likeness (QED) is 0.623. The maximum Gasteiger partial charge on any atom is 0.336 e. The highest BCUT2D eigenvalue weighted by Crippen LogP contribution is 2.30. The van der Waals surface area contributed by atoms with Gasteiger partial charge in [0.2, 0.25) is 0 Å². The fourth-order valence-electron chi connectivity index (χ4n) is 3.83. The van der Waals surface area contributed by atoms with E-state index in [1.165, 1.54) is 11.0 Å². The van der Waals surface area contributed by atoms with E-state index in [4.69, 9.17) is 23.2 Å². The highest BCUT2D eigenvalue weighted by molar-refractivity contribution is 6.35. The van der Waals surface area contributed by atoms with Crippen LogP contribution in [0.4, 0.5) is 4.79 Å². The predicted octanol–water partition coefficient (Wildman–Crippen LogP) is 4.61. The molecule has 0 bridgehead atoms. The summed E-state index contributed by atoms with van der Waals surface area (Å²) in [6.45, 7) is 2.28. The van der Waals surface area contributed by atoms with Crippen LogP contribution in [0.1, 0.15) is 34.8 Å². The van der Waals surface area contributed by atoms with Crippen molar-refractivity contribution < 1.29 is 24.6 Å². The SMILES string of the molecule is CC1C(CC(=O)O)CN(Cc2ccccc2C(=O)O)C(=O)N1Cc1ccc(Cl)cc1Cl. The van der Waals surface area contributed by atoms with E-state index in [0.717, 1.165) is 0 Å². The number of hydrogen-bond donors (Lipinski definition) is 2. The molecule has 31 heavy (non-hydrogen) atoms. The fraction of sp³-hybridized carbons (Fsp3) is 0.318. The molecular weight excluding hydrogens is 443 g/mol. The minimum Gasteiger partial charge on any atom is -0.481 e. The number of halogens is 2. The van der Waals surface area contributed by atoms with Crippen LogP contribution in [0, 0.1) is 5.92 Å². The third-order valence-corrected chi connectivity index (χ3v) is 6.13. The van der Waals surface area contributed by atoms with E-state index >= 15 is 0 Å². The summed E-state index contributed by atoms with van der Waals surface area (Å²) in [7, 11) is 0. The van der Waals surface area contributed by atoms with E-state index in [1.54, 1.807) is 41.3 Å². The summed E-state index contributed by atoms with van der Waals surface area (Å²) in [4.78, 5) is 39.4. The lowest BCUT2D eigenvalue weighted by molar-refractivity contribution is -0.139. The number of aromatic carboxylic acids is 1. The Hall–Kier alpha value is -2.77. The number of carbonyl (C=O) groups excluding carboxylic acids is 1. The van der Waals surface area contributed by atoms with E-state index in [0.29, 0.717) is 21.2 Å². The van der Waals surface area contributed by atoms with Gasteiger partial charge < -0.3 is 20.0 Å². The van der Waals surface area contributed by atoms with Crippen LogP contribution in [-0.4, -0.2) is 50.6 Å². The first-order valence-electron chi connectivity index (χ1n) is 9.69. The molecule has 1 heterocycles. The Bertz CT molecular complexity index is 1010. The molecule has 3 rings (SSSR count). The van der Waals surface area contributed by atoms with Crippen LogP contribution in [0.15, 0.2) is 42.5 Å². The van der Waals surface area contributed by atoms with E-state index in [1.807, 2.05) is 6.92 Å². The summed E-state index contributed by atoms with van der Waals surface area (Å²) >= 11 is 12.3. The first-order valence-corrected chi connectivity index (χ1v) is 10.5. The van der Waals surface area contributed by atoms with Crippen LogP contribution >= 0.6 is 23.2 Å². The molecule has 0 spiro atoms. The van der Waals surface area contributed by atoms with Gasteiger partial charge in [0.25, 0.3) is 0 Å². The van der Waals surface area contributed by atoms with Crippen LogP contribution in [0.3, 0.4) is 0 Å². The zero-order valence-electron chi connectivity index (χ0n) is 16.8. The molecule has 2 aromatic carbocycles. The van der Waals surface area contributed by atoms with Crippen molar-refractivity contribution >= 4 is 41.2 Å². The molecule has 2 atom stereocenters. The smallest absolute Gasteiger partial charge is 0.336 e. The summed E-state index contributed by atoms with van der Waals surface area (Å²) in [6.07, 6.45) is -0.115. The van der Waals surface area contributed by atoms with Crippen LogP contribution in [0.25, 0.3) is 0 Å². The summed E-state index contributed by atoms with van der Waals surface area (Å²) in [5.74, 6) is -2.37. The summed E-state index contributed by atoms with van der Waals surface area (Å²) < 4.78 is 0. The summed E-state index contributed by atoms with van der Waals surface area (Å²) in [6, 6.07) is 10.8. The first-order chi connectivity index (χ1) is 14.7. The average molecular weight is 465 g/mol. The van der Waals surface area contributed by atoms with Gasteiger partial charge in [-0.05, 0) is 36.2 Å². The van der Waals surface area contributed by atoms with Crippen molar-refractivity contribution in [3.8, 4) is 0 Å². The normalized spacial score (nSPS) is 18.9. The highest BCUT2D eigenvalue weighted by Gasteiger charge is 2.39. The Morgan fingerprint density at radius 2 is 1.77 bits per heavy atom. The second-order valence-corrected chi connectivity index (χ2v) is 8.43. The van der Waals surface area contributed by atoms with Crippen molar-refractivity contribution in [2.24, 2.45) is 5.92 Å². The third-order valence-electron chi connectivity index (χ3n) is 5.55.